The van der Waals surface area contributed by atoms with Crippen LogP contribution in [0.4, 0.5) is 0 Å². The molecule has 1 aromatic carbocycles. The number of aryl methyl sites for hydroxylation is 2. The Labute approximate surface area is 162 Å². The van der Waals surface area contributed by atoms with Crippen LogP contribution in [-0.2, 0) is 0 Å². The average molecular weight is 366 g/mol. The van der Waals surface area contributed by atoms with Crippen LogP contribution in [0.25, 0.3) is 10.9 Å². The van der Waals surface area contributed by atoms with Gasteiger partial charge in [-0.25, -0.2) is 0 Å². The van der Waals surface area contributed by atoms with Gasteiger partial charge in [0.15, 0.2) is 0 Å². The normalized spacial score (nSPS) is 18.3. The number of rotatable bonds is 5. The summed E-state index contributed by atoms with van der Waals surface area (Å²) in [6, 6.07) is 6.40. The number of carbonyl (C=O) groups excluding carboxylic acids is 1. The number of likely N-dealkylation sites (tertiary alicyclic amines) is 1. The summed E-state index contributed by atoms with van der Waals surface area (Å²) in [6.07, 6.45) is 5.84. The molecule has 2 heterocycles. The van der Waals surface area contributed by atoms with E-state index in [1.165, 1.54) is 30.4 Å². The molecule has 1 saturated carbocycles. The number of hydrogen-bond donors (Lipinski definition) is 1. The molecular formula is C23H31N3O. The summed E-state index contributed by atoms with van der Waals surface area (Å²) in [6.45, 7) is 7.03. The number of fused-ring (bicyclic) bond motifs is 1. The molecule has 1 N–H and O–H groups in total. The maximum atomic E-state index is 13.4. The predicted molar refractivity (Wildman–Crippen MR) is 110 cm³/mol. The number of piperidine rings is 1. The first kappa shape index (κ1) is 18.4. The van der Waals surface area contributed by atoms with E-state index in [4.69, 9.17) is 4.98 Å². The topological polar surface area (TPSA) is 45.2 Å². The molecule has 4 nitrogen and oxygen atoms in total. The van der Waals surface area contributed by atoms with Gasteiger partial charge in [0.2, 0.25) is 0 Å². The Hall–Kier alpha value is -1.94. The summed E-state index contributed by atoms with van der Waals surface area (Å²) in [4.78, 5) is 20.4. The fourth-order valence-electron chi connectivity index (χ4n) is 4.41. The summed E-state index contributed by atoms with van der Waals surface area (Å²) in [5.74, 6) is 1.48. The molecule has 2 aliphatic rings. The van der Waals surface area contributed by atoms with Crippen LogP contribution in [0.5, 0.6) is 0 Å². The monoisotopic (exact) mass is 365 g/mol. The molecule has 1 saturated heterocycles. The third kappa shape index (κ3) is 3.86. The molecule has 2 fully saturated rings. The van der Waals surface area contributed by atoms with E-state index < -0.39 is 0 Å². The summed E-state index contributed by atoms with van der Waals surface area (Å²) < 4.78 is 0. The lowest BCUT2D eigenvalue weighted by Gasteiger charge is -2.32. The van der Waals surface area contributed by atoms with E-state index in [1.807, 2.05) is 7.05 Å². The van der Waals surface area contributed by atoms with Crippen LogP contribution in [-0.4, -0.2) is 42.5 Å². The van der Waals surface area contributed by atoms with Crippen LogP contribution in [0.3, 0.4) is 0 Å². The fraction of sp³-hybridized carbons (Fsp3) is 0.565. The summed E-state index contributed by atoms with van der Waals surface area (Å²) in [5.41, 5.74) is 5.36. The fourth-order valence-corrected chi connectivity index (χ4v) is 4.41. The van der Waals surface area contributed by atoms with Crippen molar-refractivity contribution < 1.29 is 4.79 Å². The first-order chi connectivity index (χ1) is 13.1. The molecule has 4 rings (SSSR count). The Bertz CT molecular complexity index is 848. The van der Waals surface area contributed by atoms with Gasteiger partial charge < -0.3 is 10.2 Å². The smallest absolute Gasteiger partial charge is 0.254 e. The highest BCUT2D eigenvalue weighted by molar-refractivity contribution is 6.07. The summed E-state index contributed by atoms with van der Waals surface area (Å²) in [5, 5.41) is 4.27. The first-order valence-corrected chi connectivity index (χ1v) is 10.4. The summed E-state index contributed by atoms with van der Waals surface area (Å²) >= 11 is 0. The van der Waals surface area contributed by atoms with Crippen molar-refractivity contribution >= 4 is 16.8 Å². The molecule has 0 spiro atoms. The molecular weight excluding hydrogens is 334 g/mol. The third-order valence-electron chi connectivity index (χ3n) is 6.20. The lowest BCUT2D eigenvalue weighted by atomic mass is 9.92. The summed E-state index contributed by atoms with van der Waals surface area (Å²) in [7, 11) is 2.01. The van der Waals surface area contributed by atoms with Gasteiger partial charge in [-0.05, 0) is 83.2 Å². The van der Waals surface area contributed by atoms with Crippen LogP contribution < -0.4 is 5.32 Å². The highest BCUT2D eigenvalue weighted by Crippen LogP contribution is 2.41. The molecule has 4 heteroatoms. The van der Waals surface area contributed by atoms with E-state index >= 15 is 0 Å². The molecule has 27 heavy (non-hydrogen) atoms. The molecule has 1 amide bonds. The van der Waals surface area contributed by atoms with Gasteiger partial charge in [-0.15, -0.1) is 0 Å². The second kappa shape index (κ2) is 7.59. The molecule has 1 aromatic heterocycles. The maximum absolute atomic E-state index is 13.4. The van der Waals surface area contributed by atoms with Crippen molar-refractivity contribution in [3.63, 3.8) is 0 Å². The van der Waals surface area contributed by atoms with Gasteiger partial charge in [-0.2, -0.15) is 0 Å². The van der Waals surface area contributed by atoms with Crippen LogP contribution in [0.2, 0.25) is 0 Å². The minimum Gasteiger partial charge on any atom is -0.339 e. The van der Waals surface area contributed by atoms with Gasteiger partial charge in [0.05, 0.1) is 11.1 Å². The number of carbonyl (C=O) groups is 1. The molecule has 0 unspecified atom stereocenters. The van der Waals surface area contributed by atoms with Gasteiger partial charge in [-0.3, -0.25) is 9.78 Å². The lowest BCUT2D eigenvalue weighted by molar-refractivity contribution is 0.0689. The Morgan fingerprint density at radius 2 is 1.89 bits per heavy atom. The van der Waals surface area contributed by atoms with Crippen molar-refractivity contribution in [1.29, 1.82) is 0 Å². The quantitative estimate of drug-likeness (QED) is 0.864. The Kier molecular flexibility index (Phi) is 5.18. The molecule has 0 radical (unpaired) electrons. The zero-order valence-electron chi connectivity index (χ0n) is 16.8. The molecule has 2 aromatic rings. The van der Waals surface area contributed by atoms with Crippen molar-refractivity contribution in [2.45, 2.75) is 51.9 Å². The van der Waals surface area contributed by atoms with Crippen molar-refractivity contribution in [3.05, 3.63) is 40.6 Å². The number of amides is 1. The van der Waals surface area contributed by atoms with Crippen molar-refractivity contribution in [2.75, 3.05) is 26.7 Å². The van der Waals surface area contributed by atoms with Gasteiger partial charge in [0, 0.05) is 30.1 Å². The number of benzene rings is 1. The second-order valence-electron chi connectivity index (χ2n) is 8.47. The van der Waals surface area contributed by atoms with Crippen LogP contribution in [0.15, 0.2) is 18.2 Å². The standard InChI is InChI=1S/C23H31N3O/c1-15-12-16(2)22-19(13-15)20(14-21(25-22)18-4-5-18)23(27)26-10-7-17(8-11-26)6-9-24-3/h12-14,17-18,24H,4-11H2,1-3H3. The number of pyridine rings is 1. The Morgan fingerprint density at radius 1 is 1.15 bits per heavy atom. The number of hydrogen-bond acceptors (Lipinski definition) is 3. The second-order valence-corrected chi connectivity index (χ2v) is 8.47. The highest BCUT2D eigenvalue weighted by atomic mass is 16.2. The number of nitrogens with one attached hydrogen (secondary N) is 1. The first-order valence-electron chi connectivity index (χ1n) is 10.4. The van der Waals surface area contributed by atoms with Gasteiger partial charge in [-0.1, -0.05) is 11.6 Å². The van der Waals surface area contributed by atoms with E-state index in [1.54, 1.807) is 0 Å². The largest absolute Gasteiger partial charge is 0.339 e. The predicted octanol–water partition coefficient (Wildman–Crippen LogP) is 4.19. The Morgan fingerprint density at radius 3 is 2.56 bits per heavy atom. The molecule has 0 atom stereocenters. The average Bonchev–Trinajstić information content (AvgIpc) is 3.51. The third-order valence-corrected chi connectivity index (χ3v) is 6.20. The van der Waals surface area contributed by atoms with Crippen LogP contribution >= 0.6 is 0 Å². The van der Waals surface area contributed by atoms with Crippen LogP contribution in [0.1, 0.15) is 65.2 Å². The Balaban J connectivity index is 1.63. The van der Waals surface area contributed by atoms with Crippen molar-refractivity contribution in [3.8, 4) is 0 Å². The minimum absolute atomic E-state index is 0.196. The van der Waals surface area contributed by atoms with E-state index in [0.29, 0.717) is 5.92 Å². The molecule has 144 valence electrons. The van der Waals surface area contributed by atoms with Crippen LogP contribution in [0, 0.1) is 19.8 Å². The number of aromatic nitrogens is 1. The van der Waals surface area contributed by atoms with E-state index in [2.05, 4.69) is 42.3 Å². The minimum atomic E-state index is 0.196. The van der Waals surface area contributed by atoms with Gasteiger partial charge >= 0.3 is 0 Å². The van der Waals surface area contributed by atoms with Crippen molar-refractivity contribution in [2.24, 2.45) is 5.92 Å². The molecule has 1 aliphatic heterocycles. The van der Waals surface area contributed by atoms with E-state index in [-0.39, 0.29) is 5.91 Å². The zero-order valence-corrected chi connectivity index (χ0v) is 16.8. The lowest BCUT2D eigenvalue weighted by Crippen LogP contribution is -2.39. The highest BCUT2D eigenvalue weighted by Gasteiger charge is 2.29. The van der Waals surface area contributed by atoms with Gasteiger partial charge in [0.1, 0.15) is 0 Å². The number of nitrogens with zero attached hydrogens (tertiary/aromatic N) is 2. The van der Waals surface area contributed by atoms with E-state index in [9.17, 15) is 4.79 Å². The maximum Gasteiger partial charge on any atom is 0.254 e. The van der Waals surface area contributed by atoms with E-state index in [0.717, 1.165) is 60.6 Å². The SMILES string of the molecule is CNCCC1CCN(C(=O)c2cc(C3CC3)nc3c(C)cc(C)cc23)CC1. The van der Waals surface area contributed by atoms with Gasteiger partial charge in [0.25, 0.3) is 5.91 Å². The zero-order chi connectivity index (χ0) is 19.0. The molecule has 0 bridgehead atoms. The molecule has 1 aliphatic carbocycles. The van der Waals surface area contributed by atoms with Crippen molar-refractivity contribution in [1.82, 2.24) is 15.2 Å².